The highest BCUT2D eigenvalue weighted by Crippen LogP contribution is 1.63. The SMILES string of the molecule is CNC(=O)/C=C\O. The Balaban J connectivity index is 3.37. The fourth-order valence-corrected chi connectivity index (χ4v) is 0.151. The van der Waals surface area contributed by atoms with Crippen LogP contribution in [0, 0.1) is 0 Å². The molecule has 0 aromatic rings. The maximum absolute atomic E-state index is 10.1. The molecule has 0 rings (SSSR count). The third-order valence-corrected chi connectivity index (χ3v) is 0.472. The Kier molecular flexibility index (Phi) is 2.76. The summed E-state index contributed by atoms with van der Waals surface area (Å²) in [5.41, 5.74) is 0. The molecule has 40 valence electrons. The van der Waals surface area contributed by atoms with Crippen LogP contribution in [0.2, 0.25) is 0 Å². The van der Waals surface area contributed by atoms with Crippen molar-refractivity contribution in [3.05, 3.63) is 12.3 Å². The van der Waals surface area contributed by atoms with E-state index in [0.29, 0.717) is 6.26 Å². The molecule has 0 atom stereocenters. The second-order valence-corrected chi connectivity index (χ2v) is 0.930. The average molecular weight is 101 g/mol. The van der Waals surface area contributed by atoms with Gasteiger partial charge in [0.05, 0.1) is 6.26 Å². The number of aliphatic hydroxyl groups is 1. The van der Waals surface area contributed by atoms with Gasteiger partial charge in [0.1, 0.15) is 0 Å². The highest BCUT2D eigenvalue weighted by Gasteiger charge is 1.82. The second kappa shape index (κ2) is 3.21. The molecule has 2 N–H and O–H groups in total. The van der Waals surface area contributed by atoms with E-state index in [0.717, 1.165) is 6.08 Å². The van der Waals surface area contributed by atoms with Crippen LogP contribution in [0.1, 0.15) is 0 Å². The van der Waals surface area contributed by atoms with Crippen molar-refractivity contribution in [2.75, 3.05) is 7.05 Å². The summed E-state index contributed by atoms with van der Waals surface area (Å²) in [6.07, 6.45) is 1.72. The molecule has 0 radical (unpaired) electrons. The first kappa shape index (κ1) is 6.01. The van der Waals surface area contributed by atoms with Crippen LogP contribution in [0.5, 0.6) is 0 Å². The van der Waals surface area contributed by atoms with Gasteiger partial charge in [0.25, 0.3) is 0 Å². The van der Waals surface area contributed by atoms with Crippen LogP contribution in [0.3, 0.4) is 0 Å². The van der Waals surface area contributed by atoms with E-state index in [-0.39, 0.29) is 5.91 Å². The first-order chi connectivity index (χ1) is 3.31. The lowest BCUT2D eigenvalue weighted by Crippen LogP contribution is -2.13. The monoisotopic (exact) mass is 101 g/mol. The van der Waals surface area contributed by atoms with Crippen LogP contribution >= 0.6 is 0 Å². The van der Waals surface area contributed by atoms with Crippen LogP contribution in [0.15, 0.2) is 12.3 Å². The molecular formula is C4H7NO2. The molecule has 1 amide bonds. The molecule has 7 heavy (non-hydrogen) atoms. The fraction of sp³-hybridized carbons (Fsp3) is 0.250. The normalized spacial score (nSPS) is 9.29. The Bertz CT molecular complexity index is 87.7. The van der Waals surface area contributed by atoms with Crippen molar-refractivity contribution < 1.29 is 9.90 Å². The molecule has 0 aliphatic carbocycles. The molecule has 0 aliphatic heterocycles. The first-order valence-corrected chi connectivity index (χ1v) is 1.83. The van der Waals surface area contributed by atoms with Crippen molar-refractivity contribution in [3.63, 3.8) is 0 Å². The second-order valence-electron chi connectivity index (χ2n) is 0.930. The Hall–Kier alpha value is -0.990. The molecule has 0 bridgehead atoms. The predicted molar refractivity (Wildman–Crippen MR) is 25.8 cm³/mol. The van der Waals surface area contributed by atoms with E-state index in [4.69, 9.17) is 5.11 Å². The van der Waals surface area contributed by atoms with E-state index >= 15 is 0 Å². The van der Waals surface area contributed by atoms with Crippen molar-refractivity contribution in [1.29, 1.82) is 0 Å². The highest BCUT2D eigenvalue weighted by molar-refractivity contribution is 5.86. The number of aliphatic hydroxyl groups excluding tert-OH is 1. The van der Waals surface area contributed by atoms with Crippen LogP contribution in [-0.2, 0) is 4.79 Å². The van der Waals surface area contributed by atoms with Crippen LogP contribution in [0.25, 0.3) is 0 Å². The molecule has 0 aromatic carbocycles. The van der Waals surface area contributed by atoms with Crippen LogP contribution in [-0.4, -0.2) is 18.1 Å². The largest absolute Gasteiger partial charge is 0.515 e. The van der Waals surface area contributed by atoms with Gasteiger partial charge in [-0.05, 0) is 0 Å². The smallest absolute Gasteiger partial charge is 0.246 e. The summed E-state index contributed by atoms with van der Waals surface area (Å²) in [6, 6.07) is 0. The van der Waals surface area contributed by atoms with Gasteiger partial charge < -0.3 is 10.4 Å². The summed E-state index contributed by atoms with van der Waals surface area (Å²) in [6.45, 7) is 0. The lowest BCUT2D eigenvalue weighted by Gasteiger charge is -1.83. The molecule has 3 heteroatoms. The van der Waals surface area contributed by atoms with Crippen molar-refractivity contribution in [3.8, 4) is 0 Å². The van der Waals surface area contributed by atoms with Gasteiger partial charge in [0.2, 0.25) is 5.91 Å². The zero-order valence-corrected chi connectivity index (χ0v) is 4.01. The Morgan fingerprint density at radius 1 is 1.86 bits per heavy atom. The van der Waals surface area contributed by atoms with Crippen molar-refractivity contribution >= 4 is 5.91 Å². The topological polar surface area (TPSA) is 49.3 Å². The number of hydrogen-bond acceptors (Lipinski definition) is 2. The Labute approximate surface area is 41.7 Å². The summed E-state index contributed by atoms with van der Waals surface area (Å²) in [7, 11) is 1.49. The summed E-state index contributed by atoms with van der Waals surface area (Å²) in [5, 5.41) is 10.2. The van der Waals surface area contributed by atoms with Gasteiger partial charge in [-0.2, -0.15) is 0 Å². The first-order valence-electron chi connectivity index (χ1n) is 1.83. The van der Waals surface area contributed by atoms with Gasteiger partial charge in [-0.15, -0.1) is 0 Å². The van der Waals surface area contributed by atoms with E-state index in [1.807, 2.05) is 0 Å². The zero-order valence-electron chi connectivity index (χ0n) is 4.01. The summed E-state index contributed by atoms with van der Waals surface area (Å²) in [4.78, 5) is 10.1. The number of likely N-dealkylation sites (N-methyl/N-ethyl adjacent to an activating group) is 1. The molecule has 0 unspecified atom stereocenters. The van der Waals surface area contributed by atoms with Crippen molar-refractivity contribution in [2.24, 2.45) is 0 Å². The lowest BCUT2D eigenvalue weighted by atomic mass is 10.6. The molecule has 0 fully saturated rings. The van der Waals surface area contributed by atoms with Crippen LogP contribution in [0.4, 0.5) is 0 Å². The number of rotatable bonds is 1. The van der Waals surface area contributed by atoms with Crippen molar-refractivity contribution in [1.82, 2.24) is 5.32 Å². The molecule has 0 saturated heterocycles. The zero-order chi connectivity index (χ0) is 5.70. The van der Waals surface area contributed by atoms with Gasteiger partial charge in [-0.3, -0.25) is 4.79 Å². The molecule has 0 saturated carbocycles. The molecule has 3 nitrogen and oxygen atoms in total. The number of hydrogen-bond donors (Lipinski definition) is 2. The van der Waals surface area contributed by atoms with E-state index < -0.39 is 0 Å². The van der Waals surface area contributed by atoms with Gasteiger partial charge in [0, 0.05) is 13.1 Å². The maximum Gasteiger partial charge on any atom is 0.246 e. The van der Waals surface area contributed by atoms with E-state index in [9.17, 15) is 4.79 Å². The minimum absolute atomic E-state index is 0.303. The number of amides is 1. The van der Waals surface area contributed by atoms with Crippen molar-refractivity contribution in [2.45, 2.75) is 0 Å². The number of nitrogens with one attached hydrogen (secondary N) is 1. The minimum atomic E-state index is -0.303. The third kappa shape index (κ3) is 2.82. The molecular weight excluding hydrogens is 94.0 g/mol. The molecule has 0 spiro atoms. The summed E-state index contributed by atoms with van der Waals surface area (Å²) < 4.78 is 0. The highest BCUT2D eigenvalue weighted by atomic mass is 16.2. The maximum atomic E-state index is 10.1. The van der Waals surface area contributed by atoms with E-state index in [1.54, 1.807) is 0 Å². The summed E-state index contributed by atoms with van der Waals surface area (Å²) >= 11 is 0. The van der Waals surface area contributed by atoms with E-state index in [2.05, 4.69) is 5.32 Å². The minimum Gasteiger partial charge on any atom is -0.515 e. The quantitative estimate of drug-likeness (QED) is 0.355. The van der Waals surface area contributed by atoms with Gasteiger partial charge in [-0.1, -0.05) is 0 Å². The number of carbonyl (C=O) groups is 1. The Morgan fingerprint density at radius 2 is 2.43 bits per heavy atom. The third-order valence-electron chi connectivity index (χ3n) is 0.472. The Morgan fingerprint density at radius 3 is 2.57 bits per heavy atom. The molecule has 0 heterocycles. The van der Waals surface area contributed by atoms with Crippen LogP contribution < -0.4 is 5.32 Å². The van der Waals surface area contributed by atoms with Gasteiger partial charge in [0.15, 0.2) is 0 Å². The molecule has 0 aromatic heterocycles. The fourth-order valence-electron chi connectivity index (χ4n) is 0.151. The van der Waals surface area contributed by atoms with Gasteiger partial charge in [-0.25, -0.2) is 0 Å². The standard InChI is InChI=1S/C4H7NO2/c1-5-4(7)2-3-6/h2-3,6H,1H3,(H,5,7)/b3-2-. The average Bonchev–Trinajstić information content (AvgIpc) is 1.68. The number of carbonyl (C=O) groups excluding carboxylic acids is 1. The van der Waals surface area contributed by atoms with E-state index in [1.165, 1.54) is 7.05 Å². The molecule has 0 aliphatic rings. The lowest BCUT2D eigenvalue weighted by molar-refractivity contribution is -0.116. The summed E-state index contributed by atoms with van der Waals surface area (Å²) in [5.74, 6) is -0.303. The van der Waals surface area contributed by atoms with Gasteiger partial charge >= 0.3 is 0 Å². The predicted octanol–water partition coefficient (Wildman–Crippen LogP) is -0.196.